The van der Waals surface area contributed by atoms with Crippen molar-refractivity contribution in [2.24, 2.45) is 0 Å². The van der Waals surface area contributed by atoms with Crippen LogP contribution in [0, 0.1) is 24.4 Å². The largest absolute Gasteiger partial charge is 0.477 e. The Morgan fingerprint density at radius 2 is 1.82 bits per heavy atom. The molecule has 1 saturated heterocycles. The Balaban J connectivity index is 2.15. The van der Waals surface area contributed by atoms with Crippen molar-refractivity contribution in [1.82, 2.24) is 9.88 Å². The number of carboxylic acids is 1. The van der Waals surface area contributed by atoms with E-state index in [1.807, 2.05) is 13.8 Å². The summed E-state index contributed by atoms with van der Waals surface area (Å²) in [5.74, 6) is -4.15. The Morgan fingerprint density at radius 3 is 2.39 bits per heavy atom. The number of anilines is 1. The summed E-state index contributed by atoms with van der Waals surface area (Å²) in [7, 11) is 0. The first-order valence-electron chi connectivity index (χ1n) is 10.3. The average Bonchev–Trinajstić information content (AvgIpc) is 2.71. The number of rotatable bonds is 3. The molecule has 0 radical (unpaired) electrons. The summed E-state index contributed by atoms with van der Waals surface area (Å²) in [6.45, 7) is 6.07. The number of nitrogens with zero attached hydrogens (tertiary/aromatic N) is 2. The van der Waals surface area contributed by atoms with Crippen LogP contribution in [0.4, 0.5) is 18.9 Å². The van der Waals surface area contributed by atoms with Gasteiger partial charge in [0, 0.05) is 43.0 Å². The van der Waals surface area contributed by atoms with E-state index in [0.29, 0.717) is 19.2 Å². The second-order valence-electron chi connectivity index (χ2n) is 8.34. The van der Waals surface area contributed by atoms with Crippen LogP contribution in [0.3, 0.4) is 0 Å². The highest BCUT2D eigenvalue weighted by atomic mass is 35.5. The zero-order valence-corrected chi connectivity index (χ0v) is 18.8. The number of aryl methyl sites for hydroxylation is 1. The molecule has 4 rings (SSSR count). The van der Waals surface area contributed by atoms with E-state index in [4.69, 9.17) is 11.6 Å². The molecule has 0 spiro atoms. The lowest BCUT2D eigenvalue weighted by molar-refractivity contribution is 0.0695. The van der Waals surface area contributed by atoms with Gasteiger partial charge in [0.05, 0.1) is 27.3 Å². The van der Waals surface area contributed by atoms with Crippen molar-refractivity contribution < 1.29 is 23.1 Å². The molecule has 1 aliphatic heterocycles. The molecule has 6 nitrogen and oxygen atoms in total. The molecule has 2 N–H and O–H groups in total. The Hall–Kier alpha value is -3.04. The van der Waals surface area contributed by atoms with Crippen molar-refractivity contribution in [3.05, 3.63) is 68.2 Å². The lowest BCUT2D eigenvalue weighted by atomic mass is 10.0. The Kier molecular flexibility index (Phi) is 5.88. The summed E-state index contributed by atoms with van der Waals surface area (Å²) in [4.78, 5) is 26.5. The topological polar surface area (TPSA) is 74.6 Å². The van der Waals surface area contributed by atoms with E-state index in [2.05, 4.69) is 5.32 Å². The summed E-state index contributed by atoms with van der Waals surface area (Å²) in [6, 6.07) is 2.76. The quantitative estimate of drug-likeness (QED) is 0.587. The number of hydrogen-bond donors (Lipinski definition) is 2. The SMILES string of the molecule is Cc1c(F)c(N2CC(C)NC(C)C2)c(Cl)c2c1c(=O)c(C(=O)O)cn2-c1ccc(F)cc1F. The predicted octanol–water partition coefficient (Wildman–Crippen LogP) is 4.25. The molecule has 0 amide bonds. The molecule has 174 valence electrons. The van der Waals surface area contributed by atoms with E-state index in [9.17, 15) is 23.5 Å². The van der Waals surface area contributed by atoms with Crippen LogP contribution in [-0.4, -0.2) is 40.8 Å². The summed E-state index contributed by atoms with van der Waals surface area (Å²) < 4.78 is 45.0. The van der Waals surface area contributed by atoms with Crippen LogP contribution in [-0.2, 0) is 0 Å². The highest BCUT2D eigenvalue weighted by molar-refractivity contribution is 6.38. The zero-order valence-electron chi connectivity index (χ0n) is 18.0. The first kappa shape index (κ1) is 23.1. The van der Waals surface area contributed by atoms with E-state index < -0.39 is 34.4 Å². The van der Waals surface area contributed by atoms with E-state index in [1.165, 1.54) is 6.92 Å². The Morgan fingerprint density at radius 1 is 1.18 bits per heavy atom. The van der Waals surface area contributed by atoms with Crippen LogP contribution in [0.1, 0.15) is 29.8 Å². The van der Waals surface area contributed by atoms with E-state index in [1.54, 1.807) is 4.90 Å². The maximum absolute atomic E-state index is 15.6. The minimum Gasteiger partial charge on any atom is -0.477 e. The van der Waals surface area contributed by atoms with Gasteiger partial charge in [-0.1, -0.05) is 11.6 Å². The summed E-state index contributed by atoms with van der Waals surface area (Å²) in [5, 5.41) is 12.4. The number of hydrogen-bond acceptors (Lipinski definition) is 4. The van der Waals surface area contributed by atoms with Crippen LogP contribution >= 0.6 is 11.6 Å². The van der Waals surface area contributed by atoms with Crippen molar-refractivity contribution in [2.75, 3.05) is 18.0 Å². The van der Waals surface area contributed by atoms with Crippen molar-refractivity contribution >= 4 is 34.2 Å². The number of piperazine rings is 1. The van der Waals surface area contributed by atoms with E-state index in [0.717, 1.165) is 22.9 Å². The highest BCUT2D eigenvalue weighted by Crippen LogP contribution is 2.40. The molecule has 1 aliphatic rings. The molecule has 0 aliphatic carbocycles. The lowest BCUT2D eigenvalue weighted by Gasteiger charge is -2.38. The minimum absolute atomic E-state index is 0.0198. The molecule has 2 atom stereocenters. The van der Waals surface area contributed by atoms with Crippen molar-refractivity contribution in [1.29, 1.82) is 0 Å². The molecule has 0 bridgehead atoms. The van der Waals surface area contributed by atoms with Gasteiger partial charge >= 0.3 is 5.97 Å². The molecule has 33 heavy (non-hydrogen) atoms. The van der Waals surface area contributed by atoms with Crippen molar-refractivity contribution in [3.8, 4) is 5.69 Å². The normalized spacial score (nSPS) is 18.7. The van der Waals surface area contributed by atoms with E-state index in [-0.39, 0.29) is 44.9 Å². The third-order valence-corrected chi connectivity index (χ3v) is 6.17. The number of carboxylic acid groups (broad SMARTS) is 1. The molecular weight excluding hydrogens is 459 g/mol. The number of halogens is 4. The van der Waals surface area contributed by atoms with Crippen LogP contribution < -0.4 is 15.6 Å². The molecule has 3 aromatic rings. The fourth-order valence-electron chi connectivity index (χ4n) is 4.48. The molecule has 2 aromatic carbocycles. The number of pyridine rings is 1. The van der Waals surface area contributed by atoms with Gasteiger partial charge in [-0.05, 0) is 32.9 Å². The predicted molar refractivity (Wildman–Crippen MR) is 120 cm³/mol. The van der Waals surface area contributed by atoms with Gasteiger partial charge in [0.15, 0.2) is 5.82 Å². The van der Waals surface area contributed by atoms with Gasteiger partial charge in [-0.3, -0.25) is 4.79 Å². The third-order valence-electron chi connectivity index (χ3n) is 5.81. The second kappa shape index (κ2) is 8.39. The molecule has 1 fully saturated rings. The molecule has 0 saturated carbocycles. The fourth-order valence-corrected chi connectivity index (χ4v) is 4.87. The number of carbonyl (C=O) groups is 1. The zero-order chi connectivity index (χ0) is 24.2. The number of benzene rings is 2. The van der Waals surface area contributed by atoms with E-state index >= 15 is 4.39 Å². The second-order valence-corrected chi connectivity index (χ2v) is 8.72. The molecule has 10 heteroatoms. The monoisotopic (exact) mass is 479 g/mol. The highest BCUT2D eigenvalue weighted by Gasteiger charge is 2.30. The van der Waals surface area contributed by atoms with Gasteiger partial charge < -0.3 is 19.9 Å². The fraction of sp³-hybridized carbons (Fsp3) is 0.304. The minimum atomic E-state index is -1.57. The molecule has 1 aromatic heterocycles. The standard InChI is InChI=1S/C23H21ClF3N3O3/c1-10-7-29(8-11(2)28-10)21-18(24)20-17(12(3)19(21)27)22(31)14(23(32)33)9-30(20)16-5-4-13(25)6-15(16)26/h4-6,9-11,28H,7-8H2,1-3H3,(H,32,33). The maximum Gasteiger partial charge on any atom is 0.341 e. The molecule has 2 heterocycles. The maximum atomic E-state index is 15.6. The lowest BCUT2D eigenvalue weighted by Crippen LogP contribution is -2.54. The van der Waals surface area contributed by atoms with Crippen molar-refractivity contribution in [3.63, 3.8) is 0 Å². The molecular formula is C23H21ClF3N3O3. The number of aromatic nitrogens is 1. The summed E-state index contributed by atoms with van der Waals surface area (Å²) >= 11 is 6.68. The van der Waals surface area contributed by atoms with Crippen LogP contribution in [0.15, 0.2) is 29.2 Å². The Bertz CT molecular complexity index is 1350. The average molecular weight is 480 g/mol. The van der Waals surface area contributed by atoms with Crippen LogP contribution in [0.25, 0.3) is 16.6 Å². The number of nitrogens with one attached hydrogen (secondary N) is 1. The summed E-state index contributed by atoms with van der Waals surface area (Å²) in [6.07, 6.45) is 0.930. The first-order chi connectivity index (χ1) is 15.5. The number of aromatic carboxylic acids is 1. The molecule has 2 unspecified atom stereocenters. The third kappa shape index (κ3) is 3.85. The van der Waals surface area contributed by atoms with Crippen LogP contribution in [0.2, 0.25) is 5.02 Å². The number of fused-ring (bicyclic) bond motifs is 1. The van der Waals surface area contributed by atoms with Crippen LogP contribution in [0.5, 0.6) is 0 Å². The van der Waals surface area contributed by atoms with Gasteiger partial charge in [-0.2, -0.15) is 0 Å². The van der Waals surface area contributed by atoms with Crippen molar-refractivity contribution in [2.45, 2.75) is 32.9 Å². The van der Waals surface area contributed by atoms with Gasteiger partial charge in [0.25, 0.3) is 0 Å². The van der Waals surface area contributed by atoms with Gasteiger partial charge in [0.2, 0.25) is 5.43 Å². The summed E-state index contributed by atoms with van der Waals surface area (Å²) in [5.41, 5.74) is -1.98. The smallest absolute Gasteiger partial charge is 0.341 e. The van der Waals surface area contributed by atoms with Gasteiger partial charge in [-0.25, -0.2) is 18.0 Å². The van der Waals surface area contributed by atoms with Gasteiger partial charge in [0.1, 0.15) is 17.2 Å². The Labute approximate surface area is 192 Å². The van der Waals surface area contributed by atoms with Gasteiger partial charge in [-0.15, -0.1) is 0 Å². The first-order valence-corrected chi connectivity index (χ1v) is 10.7.